The molecule has 0 radical (unpaired) electrons. The fraction of sp³-hybridized carbons (Fsp3) is 0.333. The summed E-state index contributed by atoms with van der Waals surface area (Å²) in [6.45, 7) is 8.65. The molecule has 1 nitrogen and oxygen atoms in total. The summed E-state index contributed by atoms with van der Waals surface area (Å²) in [5.41, 5.74) is 2.35. The Labute approximate surface area is 80.0 Å². The molecule has 1 heteroatoms. The van der Waals surface area contributed by atoms with Crippen molar-refractivity contribution in [1.82, 2.24) is 0 Å². The van der Waals surface area contributed by atoms with Gasteiger partial charge in [0.05, 0.1) is 0 Å². The predicted molar refractivity (Wildman–Crippen MR) is 56.1 cm³/mol. The first kappa shape index (κ1) is 9.85. The molecule has 1 aromatic rings. The monoisotopic (exact) mass is 176 g/mol. The van der Waals surface area contributed by atoms with E-state index in [9.17, 15) is 0 Å². The summed E-state index contributed by atoms with van der Waals surface area (Å²) >= 11 is 0. The van der Waals surface area contributed by atoms with Crippen LogP contribution < -0.4 is 4.74 Å². The van der Waals surface area contributed by atoms with Gasteiger partial charge in [-0.1, -0.05) is 25.6 Å². The van der Waals surface area contributed by atoms with E-state index < -0.39 is 0 Å². The van der Waals surface area contributed by atoms with Gasteiger partial charge >= 0.3 is 0 Å². The topological polar surface area (TPSA) is 9.23 Å². The Bertz CT molecular complexity index is 289. The normalized spacial score (nSPS) is 9.69. The molecule has 1 rings (SSSR count). The zero-order chi connectivity index (χ0) is 9.68. The Kier molecular flexibility index (Phi) is 3.56. The van der Waals surface area contributed by atoms with Crippen molar-refractivity contribution < 1.29 is 4.74 Å². The Morgan fingerprint density at radius 1 is 1.46 bits per heavy atom. The molecule has 0 saturated heterocycles. The Morgan fingerprint density at radius 3 is 2.85 bits per heavy atom. The summed E-state index contributed by atoms with van der Waals surface area (Å²) < 4.78 is 5.54. The van der Waals surface area contributed by atoms with Crippen molar-refractivity contribution in [2.75, 3.05) is 6.61 Å². The van der Waals surface area contributed by atoms with Gasteiger partial charge in [0.25, 0.3) is 0 Å². The van der Waals surface area contributed by atoms with E-state index >= 15 is 0 Å². The molecular weight excluding hydrogens is 160 g/mol. The minimum atomic E-state index is 0.625. The van der Waals surface area contributed by atoms with Crippen molar-refractivity contribution in [2.24, 2.45) is 0 Å². The highest BCUT2D eigenvalue weighted by Gasteiger charge is 1.94. The van der Waals surface area contributed by atoms with Crippen LogP contribution in [-0.2, 0) is 0 Å². The number of hydrogen-bond acceptors (Lipinski definition) is 1. The van der Waals surface area contributed by atoms with E-state index in [0.717, 1.165) is 17.7 Å². The second kappa shape index (κ2) is 4.70. The first-order valence-electron chi connectivity index (χ1n) is 4.58. The molecule has 0 aliphatic carbocycles. The van der Waals surface area contributed by atoms with Crippen molar-refractivity contribution in [3.8, 4) is 5.75 Å². The van der Waals surface area contributed by atoms with Crippen LogP contribution in [0.5, 0.6) is 5.75 Å². The summed E-state index contributed by atoms with van der Waals surface area (Å²) in [7, 11) is 0. The average molecular weight is 176 g/mol. The maximum absolute atomic E-state index is 5.54. The van der Waals surface area contributed by atoms with Crippen LogP contribution in [-0.4, -0.2) is 6.61 Å². The lowest BCUT2D eigenvalue weighted by molar-refractivity contribution is 0.349. The predicted octanol–water partition coefficient (Wildman–Crippen LogP) is 3.34. The zero-order valence-electron chi connectivity index (χ0n) is 8.34. The van der Waals surface area contributed by atoms with Crippen molar-refractivity contribution in [3.63, 3.8) is 0 Å². The maximum Gasteiger partial charge on any atom is 0.120 e. The molecule has 13 heavy (non-hydrogen) atoms. The fourth-order valence-electron chi connectivity index (χ4n) is 0.993. The molecule has 0 unspecified atom stereocenters. The van der Waals surface area contributed by atoms with E-state index in [0.29, 0.717) is 6.61 Å². The number of benzene rings is 1. The third-order valence-electron chi connectivity index (χ3n) is 1.93. The van der Waals surface area contributed by atoms with Crippen molar-refractivity contribution in [3.05, 3.63) is 42.0 Å². The molecule has 0 fully saturated rings. The Balaban J connectivity index is 2.50. The van der Waals surface area contributed by atoms with Gasteiger partial charge in [-0.25, -0.2) is 0 Å². The number of ether oxygens (including phenoxy) is 1. The molecule has 0 heterocycles. The summed E-state index contributed by atoms with van der Waals surface area (Å²) in [6, 6.07) is 8.06. The highest BCUT2D eigenvalue weighted by molar-refractivity contribution is 5.27. The van der Waals surface area contributed by atoms with E-state index in [1.165, 1.54) is 5.56 Å². The SMILES string of the molecule is C=C(CC)COc1cccc(C)c1. The van der Waals surface area contributed by atoms with Crippen LogP contribution in [0.25, 0.3) is 0 Å². The first-order valence-corrected chi connectivity index (χ1v) is 4.58. The number of rotatable bonds is 4. The van der Waals surface area contributed by atoms with E-state index in [4.69, 9.17) is 4.74 Å². The van der Waals surface area contributed by atoms with E-state index in [1.54, 1.807) is 0 Å². The molecule has 0 aliphatic rings. The quantitative estimate of drug-likeness (QED) is 0.639. The number of aryl methyl sites for hydroxylation is 1. The summed E-state index contributed by atoms with van der Waals surface area (Å²) in [6.07, 6.45) is 0.978. The molecule has 0 bridgehead atoms. The van der Waals surface area contributed by atoms with Crippen molar-refractivity contribution in [1.29, 1.82) is 0 Å². The summed E-state index contributed by atoms with van der Waals surface area (Å²) in [4.78, 5) is 0. The lowest BCUT2D eigenvalue weighted by atomic mass is 10.2. The highest BCUT2D eigenvalue weighted by atomic mass is 16.5. The van der Waals surface area contributed by atoms with Gasteiger partial charge in [0.15, 0.2) is 0 Å². The van der Waals surface area contributed by atoms with E-state index in [-0.39, 0.29) is 0 Å². The van der Waals surface area contributed by atoms with Gasteiger partial charge in [0.1, 0.15) is 12.4 Å². The Hall–Kier alpha value is -1.24. The zero-order valence-corrected chi connectivity index (χ0v) is 8.34. The van der Waals surface area contributed by atoms with Gasteiger partial charge in [0.2, 0.25) is 0 Å². The van der Waals surface area contributed by atoms with Crippen LogP contribution in [0.3, 0.4) is 0 Å². The lowest BCUT2D eigenvalue weighted by Crippen LogP contribution is -1.99. The largest absolute Gasteiger partial charge is 0.489 e. The molecule has 0 aromatic heterocycles. The Morgan fingerprint density at radius 2 is 2.23 bits per heavy atom. The average Bonchev–Trinajstić information content (AvgIpc) is 2.14. The molecule has 0 saturated carbocycles. The summed E-state index contributed by atoms with van der Waals surface area (Å²) in [5.74, 6) is 0.926. The van der Waals surface area contributed by atoms with Crippen LogP contribution >= 0.6 is 0 Å². The van der Waals surface area contributed by atoms with Gasteiger partial charge in [0, 0.05) is 0 Å². The van der Waals surface area contributed by atoms with Crippen molar-refractivity contribution >= 4 is 0 Å². The fourth-order valence-corrected chi connectivity index (χ4v) is 0.993. The summed E-state index contributed by atoms with van der Waals surface area (Å²) in [5, 5.41) is 0. The van der Waals surface area contributed by atoms with Crippen LogP contribution in [0.2, 0.25) is 0 Å². The van der Waals surface area contributed by atoms with Gasteiger partial charge in [-0.3, -0.25) is 0 Å². The van der Waals surface area contributed by atoms with Crippen LogP contribution in [0.15, 0.2) is 36.4 Å². The molecular formula is C12H16O. The molecule has 0 N–H and O–H groups in total. The van der Waals surface area contributed by atoms with E-state index in [2.05, 4.69) is 26.5 Å². The minimum absolute atomic E-state index is 0.625. The molecule has 0 atom stereocenters. The molecule has 1 aromatic carbocycles. The smallest absolute Gasteiger partial charge is 0.120 e. The van der Waals surface area contributed by atoms with Crippen LogP contribution in [0.1, 0.15) is 18.9 Å². The molecule has 0 amide bonds. The first-order chi connectivity index (χ1) is 6.22. The van der Waals surface area contributed by atoms with Gasteiger partial charge in [-0.2, -0.15) is 0 Å². The third kappa shape index (κ3) is 3.32. The third-order valence-corrected chi connectivity index (χ3v) is 1.93. The van der Waals surface area contributed by atoms with Gasteiger partial charge in [-0.05, 0) is 36.6 Å². The second-order valence-electron chi connectivity index (χ2n) is 3.21. The lowest BCUT2D eigenvalue weighted by Gasteiger charge is -2.07. The van der Waals surface area contributed by atoms with Crippen LogP contribution in [0, 0.1) is 6.92 Å². The molecule has 0 aliphatic heterocycles. The number of hydrogen-bond donors (Lipinski definition) is 0. The van der Waals surface area contributed by atoms with Crippen molar-refractivity contribution in [2.45, 2.75) is 20.3 Å². The standard InChI is InChI=1S/C12H16O/c1-4-10(2)9-13-12-7-5-6-11(3)8-12/h5-8H,2,4,9H2,1,3H3. The van der Waals surface area contributed by atoms with Gasteiger partial charge in [-0.15, -0.1) is 0 Å². The van der Waals surface area contributed by atoms with Gasteiger partial charge < -0.3 is 4.74 Å². The molecule has 70 valence electrons. The maximum atomic E-state index is 5.54. The van der Waals surface area contributed by atoms with Crippen LogP contribution in [0.4, 0.5) is 0 Å². The second-order valence-corrected chi connectivity index (χ2v) is 3.21. The minimum Gasteiger partial charge on any atom is -0.489 e. The highest BCUT2D eigenvalue weighted by Crippen LogP contribution is 2.13. The molecule has 0 spiro atoms. The van der Waals surface area contributed by atoms with E-state index in [1.807, 2.05) is 18.2 Å².